The van der Waals surface area contributed by atoms with Gasteiger partial charge in [-0.2, -0.15) is 4.98 Å². The summed E-state index contributed by atoms with van der Waals surface area (Å²) in [6, 6.07) is 16.3. The highest BCUT2D eigenvalue weighted by molar-refractivity contribution is 5.79. The maximum atomic E-state index is 13.0. The third kappa shape index (κ3) is 6.99. The zero-order valence-electron chi connectivity index (χ0n) is 22.6. The lowest BCUT2D eigenvalue weighted by Gasteiger charge is -2.31. The van der Waals surface area contributed by atoms with Crippen molar-refractivity contribution in [3.63, 3.8) is 0 Å². The summed E-state index contributed by atoms with van der Waals surface area (Å²) in [7, 11) is 1.64. The van der Waals surface area contributed by atoms with Crippen molar-refractivity contribution in [2.75, 3.05) is 33.3 Å². The Morgan fingerprint density at radius 3 is 2.45 bits per heavy atom. The summed E-state index contributed by atoms with van der Waals surface area (Å²) in [4.78, 5) is 22.3. The Morgan fingerprint density at radius 1 is 0.974 bits per heavy atom. The van der Waals surface area contributed by atoms with Crippen LogP contribution in [0.15, 0.2) is 53.1 Å². The van der Waals surface area contributed by atoms with Gasteiger partial charge < -0.3 is 14.6 Å². The normalized spacial score (nSPS) is 19.4. The van der Waals surface area contributed by atoms with Crippen LogP contribution in [-0.4, -0.2) is 59.1 Å². The molecule has 0 saturated carbocycles. The third-order valence-corrected chi connectivity index (χ3v) is 7.82. The topological polar surface area (TPSA) is 83.7 Å². The molecule has 0 radical (unpaired) electrons. The van der Waals surface area contributed by atoms with E-state index in [2.05, 4.69) is 56.4 Å². The van der Waals surface area contributed by atoms with E-state index in [9.17, 15) is 4.79 Å². The minimum absolute atomic E-state index is 0.0338. The number of ether oxygens (including phenoxy) is 1. The molecule has 8 heteroatoms. The summed E-state index contributed by atoms with van der Waals surface area (Å²) >= 11 is 0. The van der Waals surface area contributed by atoms with Crippen molar-refractivity contribution in [2.45, 2.75) is 52.2 Å². The van der Waals surface area contributed by atoms with Crippen LogP contribution >= 0.6 is 0 Å². The Balaban J connectivity index is 1.08. The summed E-state index contributed by atoms with van der Waals surface area (Å²) in [6.45, 7) is 8.45. The Labute approximate surface area is 225 Å². The second-order valence-corrected chi connectivity index (χ2v) is 10.8. The number of carbonyl (C=O) groups excluding carboxylic acids is 1. The first-order valence-corrected chi connectivity index (χ1v) is 13.8. The van der Waals surface area contributed by atoms with Crippen LogP contribution in [0, 0.1) is 11.8 Å². The highest BCUT2D eigenvalue weighted by atomic mass is 16.5. The Hall–Kier alpha value is -3.23. The van der Waals surface area contributed by atoms with E-state index in [1.807, 2.05) is 24.3 Å². The molecule has 2 saturated heterocycles. The standard InChI is InChI=1S/C30H39N5O3/c1-22-13-16-34(17-14-22)19-24-7-5-23(6-8-24)18-31-30(36)26-4-3-15-35(20-26)21-28-32-29(33-38-28)25-9-11-27(37-2)12-10-25/h5-12,22,26H,3-4,13-21H2,1-2H3,(H,31,36). The smallest absolute Gasteiger partial charge is 0.241 e. The van der Waals surface area contributed by atoms with Crippen molar-refractivity contribution >= 4 is 5.91 Å². The summed E-state index contributed by atoms with van der Waals surface area (Å²) < 4.78 is 10.7. The Kier molecular flexibility index (Phi) is 8.71. The molecule has 2 aliphatic rings. The zero-order valence-corrected chi connectivity index (χ0v) is 22.6. The number of methoxy groups -OCH3 is 1. The van der Waals surface area contributed by atoms with Crippen LogP contribution in [0.4, 0.5) is 0 Å². The van der Waals surface area contributed by atoms with Crippen molar-refractivity contribution in [2.24, 2.45) is 11.8 Å². The number of hydrogen-bond acceptors (Lipinski definition) is 7. The maximum absolute atomic E-state index is 13.0. The zero-order chi connectivity index (χ0) is 26.3. The van der Waals surface area contributed by atoms with Crippen molar-refractivity contribution in [3.05, 3.63) is 65.5 Å². The number of rotatable bonds is 9. The lowest BCUT2D eigenvalue weighted by Crippen LogP contribution is -2.42. The van der Waals surface area contributed by atoms with Gasteiger partial charge in [0.05, 0.1) is 19.6 Å². The fourth-order valence-corrected chi connectivity index (χ4v) is 5.36. The summed E-state index contributed by atoms with van der Waals surface area (Å²) in [5.41, 5.74) is 3.36. The first-order chi connectivity index (χ1) is 18.6. The molecule has 1 N–H and O–H groups in total. The van der Waals surface area contributed by atoms with Crippen molar-refractivity contribution in [1.82, 2.24) is 25.3 Å². The summed E-state index contributed by atoms with van der Waals surface area (Å²) in [6.07, 6.45) is 4.46. The molecule has 202 valence electrons. The minimum atomic E-state index is -0.0338. The number of amides is 1. The van der Waals surface area contributed by atoms with Gasteiger partial charge in [-0.1, -0.05) is 36.3 Å². The number of likely N-dealkylation sites (tertiary alicyclic amines) is 2. The average Bonchev–Trinajstić information content (AvgIpc) is 3.42. The second-order valence-electron chi connectivity index (χ2n) is 10.8. The van der Waals surface area contributed by atoms with E-state index >= 15 is 0 Å². The molecule has 0 spiro atoms. The summed E-state index contributed by atoms with van der Waals surface area (Å²) in [5.74, 6) is 2.85. The number of aromatic nitrogens is 2. The predicted molar refractivity (Wildman–Crippen MR) is 146 cm³/mol. The molecule has 2 fully saturated rings. The molecule has 3 aromatic rings. The fourth-order valence-electron chi connectivity index (χ4n) is 5.36. The van der Waals surface area contributed by atoms with Gasteiger partial charge in [-0.05, 0) is 86.6 Å². The van der Waals surface area contributed by atoms with Gasteiger partial charge in [0.1, 0.15) is 5.75 Å². The van der Waals surface area contributed by atoms with E-state index in [4.69, 9.17) is 9.26 Å². The number of hydrogen-bond donors (Lipinski definition) is 1. The average molecular weight is 518 g/mol. The SMILES string of the molecule is COc1ccc(-c2noc(CN3CCCC(C(=O)NCc4ccc(CN5CCC(C)CC5)cc4)C3)n2)cc1. The van der Waals surface area contributed by atoms with E-state index in [-0.39, 0.29) is 11.8 Å². The van der Waals surface area contributed by atoms with Crippen LogP contribution in [0.2, 0.25) is 0 Å². The van der Waals surface area contributed by atoms with E-state index in [0.717, 1.165) is 48.7 Å². The molecule has 0 bridgehead atoms. The predicted octanol–water partition coefficient (Wildman–Crippen LogP) is 4.51. The Morgan fingerprint density at radius 2 is 1.71 bits per heavy atom. The molecular formula is C30H39N5O3. The molecule has 5 rings (SSSR count). The van der Waals surface area contributed by atoms with Crippen molar-refractivity contribution in [3.8, 4) is 17.1 Å². The molecule has 38 heavy (non-hydrogen) atoms. The van der Waals surface area contributed by atoms with Crippen LogP contribution < -0.4 is 10.1 Å². The molecule has 1 atom stereocenters. The molecule has 1 amide bonds. The van der Waals surface area contributed by atoms with E-state index in [1.54, 1.807) is 7.11 Å². The van der Waals surface area contributed by atoms with Gasteiger partial charge in [0.25, 0.3) is 0 Å². The molecule has 1 unspecified atom stereocenters. The largest absolute Gasteiger partial charge is 0.497 e. The molecule has 2 aromatic carbocycles. The molecule has 2 aliphatic heterocycles. The highest BCUT2D eigenvalue weighted by Crippen LogP contribution is 2.23. The third-order valence-electron chi connectivity index (χ3n) is 7.82. The van der Waals surface area contributed by atoms with E-state index < -0.39 is 0 Å². The molecule has 0 aliphatic carbocycles. The monoisotopic (exact) mass is 517 g/mol. The highest BCUT2D eigenvalue weighted by Gasteiger charge is 2.27. The number of nitrogens with one attached hydrogen (secondary N) is 1. The van der Waals surface area contributed by atoms with E-state index in [1.165, 1.54) is 31.5 Å². The first-order valence-electron chi connectivity index (χ1n) is 13.8. The van der Waals surface area contributed by atoms with Crippen molar-refractivity contribution in [1.29, 1.82) is 0 Å². The van der Waals surface area contributed by atoms with E-state index in [0.29, 0.717) is 31.3 Å². The number of nitrogens with zero attached hydrogens (tertiary/aromatic N) is 4. The molecule has 8 nitrogen and oxygen atoms in total. The minimum Gasteiger partial charge on any atom is -0.497 e. The molecular weight excluding hydrogens is 478 g/mol. The van der Waals surface area contributed by atoms with Crippen LogP contribution in [0.1, 0.15) is 49.6 Å². The lowest BCUT2D eigenvalue weighted by molar-refractivity contribution is -0.127. The quantitative estimate of drug-likeness (QED) is 0.447. The van der Waals surface area contributed by atoms with Crippen LogP contribution in [0.25, 0.3) is 11.4 Å². The molecule has 3 heterocycles. The molecule has 1 aromatic heterocycles. The van der Waals surface area contributed by atoms with Gasteiger partial charge in [-0.15, -0.1) is 0 Å². The Bertz CT molecular complexity index is 1170. The number of piperidine rings is 2. The first kappa shape index (κ1) is 26.4. The van der Waals surface area contributed by atoms with Crippen molar-refractivity contribution < 1.29 is 14.1 Å². The van der Waals surface area contributed by atoms with Crippen LogP contribution in [0.3, 0.4) is 0 Å². The van der Waals surface area contributed by atoms with Crippen LogP contribution in [-0.2, 0) is 24.4 Å². The van der Waals surface area contributed by atoms with Gasteiger partial charge in [-0.25, -0.2) is 0 Å². The number of carbonyl (C=O) groups is 1. The maximum Gasteiger partial charge on any atom is 0.241 e. The van der Waals surface area contributed by atoms with Gasteiger partial charge in [0, 0.05) is 25.2 Å². The summed E-state index contributed by atoms with van der Waals surface area (Å²) in [5, 5.41) is 7.29. The number of benzene rings is 2. The second kappa shape index (κ2) is 12.5. The lowest BCUT2D eigenvalue weighted by atomic mass is 9.97. The van der Waals surface area contributed by atoms with Gasteiger partial charge >= 0.3 is 0 Å². The van der Waals surface area contributed by atoms with Crippen LogP contribution in [0.5, 0.6) is 5.75 Å². The fraction of sp³-hybridized carbons (Fsp3) is 0.500. The van der Waals surface area contributed by atoms with Gasteiger partial charge in [-0.3, -0.25) is 14.6 Å². The van der Waals surface area contributed by atoms with Gasteiger partial charge in [0.15, 0.2) is 0 Å². The van der Waals surface area contributed by atoms with Gasteiger partial charge in [0.2, 0.25) is 17.6 Å².